The van der Waals surface area contributed by atoms with Gasteiger partial charge in [0.05, 0.1) is 11.0 Å². The Labute approximate surface area is 105 Å². The van der Waals surface area contributed by atoms with Crippen LogP contribution in [0.25, 0.3) is 11.0 Å². The number of para-hydroxylation sites is 1. The van der Waals surface area contributed by atoms with Crippen LogP contribution in [0.4, 0.5) is 0 Å². The number of nitrogens with zero attached hydrogens (tertiary/aromatic N) is 2. The number of carboxylic acids is 1. The molecule has 0 radical (unpaired) electrons. The molecule has 0 spiro atoms. The van der Waals surface area contributed by atoms with Gasteiger partial charge in [0.2, 0.25) is 0 Å². The summed E-state index contributed by atoms with van der Waals surface area (Å²) in [5.41, 5.74) is 8.93. The van der Waals surface area contributed by atoms with Crippen LogP contribution in [0.3, 0.4) is 0 Å². The number of aromatic nitrogens is 2. The second-order valence-corrected chi connectivity index (χ2v) is 4.47. The van der Waals surface area contributed by atoms with Crippen LogP contribution >= 0.6 is 0 Å². The number of fused-ring (bicyclic) bond motifs is 1. The van der Waals surface area contributed by atoms with E-state index in [1.807, 2.05) is 36.7 Å². The van der Waals surface area contributed by atoms with Gasteiger partial charge in [0.25, 0.3) is 0 Å². The standard InChI is InChI=1S/C13H17N3O2/c1-8-15-11-5-3-4-9(13(11)16(8)2)10(14)6-7-12(17)18/h3-5,10H,6-7,14H2,1-2H3,(H,17,18). The molecule has 3 N–H and O–H groups in total. The van der Waals surface area contributed by atoms with Crippen LogP contribution in [0.15, 0.2) is 18.2 Å². The maximum Gasteiger partial charge on any atom is 0.303 e. The molecular weight excluding hydrogens is 230 g/mol. The molecule has 1 heterocycles. The number of aryl methyl sites for hydroxylation is 2. The monoisotopic (exact) mass is 247 g/mol. The summed E-state index contributed by atoms with van der Waals surface area (Å²) in [7, 11) is 1.94. The van der Waals surface area contributed by atoms with Gasteiger partial charge in [0.15, 0.2) is 0 Å². The topological polar surface area (TPSA) is 81.1 Å². The van der Waals surface area contributed by atoms with E-state index in [-0.39, 0.29) is 12.5 Å². The zero-order valence-electron chi connectivity index (χ0n) is 10.6. The first-order valence-corrected chi connectivity index (χ1v) is 5.90. The maximum absolute atomic E-state index is 10.6. The first-order valence-electron chi connectivity index (χ1n) is 5.90. The highest BCUT2D eigenvalue weighted by molar-refractivity contribution is 5.80. The van der Waals surface area contributed by atoms with Gasteiger partial charge in [-0.1, -0.05) is 12.1 Å². The Hall–Kier alpha value is -1.88. The molecule has 2 aromatic rings. The van der Waals surface area contributed by atoms with E-state index in [0.717, 1.165) is 22.4 Å². The third-order valence-electron chi connectivity index (χ3n) is 3.22. The van der Waals surface area contributed by atoms with Crippen molar-refractivity contribution in [1.82, 2.24) is 9.55 Å². The average molecular weight is 247 g/mol. The van der Waals surface area contributed by atoms with Gasteiger partial charge in [0.1, 0.15) is 5.82 Å². The Kier molecular flexibility index (Phi) is 3.34. The van der Waals surface area contributed by atoms with E-state index in [2.05, 4.69) is 4.98 Å². The molecule has 0 aliphatic heterocycles. The van der Waals surface area contributed by atoms with Crippen molar-refractivity contribution >= 4 is 17.0 Å². The Bertz CT molecular complexity index is 589. The Morgan fingerprint density at radius 3 is 2.94 bits per heavy atom. The fraction of sp³-hybridized carbons (Fsp3) is 0.385. The molecule has 1 aromatic carbocycles. The molecule has 5 nitrogen and oxygen atoms in total. The van der Waals surface area contributed by atoms with E-state index in [1.54, 1.807) is 0 Å². The van der Waals surface area contributed by atoms with Crippen molar-refractivity contribution in [3.8, 4) is 0 Å². The fourth-order valence-corrected chi connectivity index (χ4v) is 2.15. The smallest absolute Gasteiger partial charge is 0.303 e. The molecule has 96 valence electrons. The Morgan fingerprint density at radius 2 is 2.28 bits per heavy atom. The van der Waals surface area contributed by atoms with Crippen LogP contribution in [0.1, 0.15) is 30.3 Å². The highest BCUT2D eigenvalue weighted by Crippen LogP contribution is 2.25. The summed E-state index contributed by atoms with van der Waals surface area (Å²) < 4.78 is 1.99. The predicted molar refractivity (Wildman–Crippen MR) is 69.2 cm³/mol. The number of imidazole rings is 1. The minimum Gasteiger partial charge on any atom is -0.481 e. The van der Waals surface area contributed by atoms with Gasteiger partial charge in [-0.3, -0.25) is 4.79 Å². The molecule has 0 saturated heterocycles. The molecule has 18 heavy (non-hydrogen) atoms. The first-order chi connectivity index (χ1) is 8.50. The Balaban J connectivity index is 2.41. The summed E-state index contributed by atoms with van der Waals surface area (Å²) in [6, 6.07) is 5.51. The lowest BCUT2D eigenvalue weighted by Crippen LogP contribution is -2.13. The number of carboxylic acid groups (broad SMARTS) is 1. The van der Waals surface area contributed by atoms with E-state index >= 15 is 0 Å². The van der Waals surface area contributed by atoms with Gasteiger partial charge >= 0.3 is 5.97 Å². The molecule has 0 bridgehead atoms. The summed E-state index contributed by atoms with van der Waals surface area (Å²) in [5, 5.41) is 8.71. The molecule has 1 unspecified atom stereocenters. The van der Waals surface area contributed by atoms with Gasteiger partial charge in [-0.25, -0.2) is 4.98 Å². The lowest BCUT2D eigenvalue weighted by atomic mass is 10.0. The summed E-state index contributed by atoms with van der Waals surface area (Å²) in [6.45, 7) is 1.94. The van der Waals surface area contributed by atoms with Crippen molar-refractivity contribution in [3.05, 3.63) is 29.6 Å². The average Bonchev–Trinajstić information content (AvgIpc) is 2.62. The number of nitrogens with two attached hydrogens (primary N) is 1. The Morgan fingerprint density at radius 1 is 1.56 bits per heavy atom. The molecular formula is C13H17N3O2. The third kappa shape index (κ3) is 2.22. The van der Waals surface area contributed by atoms with Gasteiger partial charge in [-0.05, 0) is 25.0 Å². The minimum absolute atomic E-state index is 0.0778. The second-order valence-electron chi connectivity index (χ2n) is 4.47. The fourth-order valence-electron chi connectivity index (χ4n) is 2.15. The van der Waals surface area contributed by atoms with Crippen molar-refractivity contribution in [2.75, 3.05) is 0 Å². The molecule has 0 aliphatic carbocycles. The molecule has 0 aliphatic rings. The molecule has 1 aromatic heterocycles. The van der Waals surface area contributed by atoms with Crippen molar-refractivity contribution in [3.63, 3.8) is 0 Å². The van der Waals surface area contributed by atoms with Gasteiger partial charge < -0.3 is 15.4 Å². The quantitative estimate of drug-likeness (QED) is 0.862. The second kappa shape index (κ2) is 4.78. The van der Waals surface area contributed by atoms with Crippen molar-refractivity contribution in [2.24, 2.45) is 12.8 Å². The van der Waals surface area contributed by atoms with Gasteiger partial charge in [0, 0.05) is 19.5 Å². The SMILES string of the molecule is Cc1nc2cccc(C(N)CCC(=O)O)c2n1C. The van der Waals surface area contributed by atoms with Crippen LogP contribution in [-0.2, 0) is 11.8 Å². The van der Waals surface area contributed by atoms with Crippen LogP contribution < -0.4 is 5.73 Å². The van der Waals surface area contributed by atoms with E-state index < -0.39 is 5.97 Å². The highest BCUT2D eigenvalue weighted by Gasteiger charge is 2.15. The molecule has 2 rings (SSSR count). The molecule has 0 amide bonds. The van der Waals surface area contributed by atoms with Crippen molar-refractivity contribution in [2.45, 2.75) is 25.8 Å². The number of aliphatic carboxylic acids is 1. The molecule has 0 saturated carbocycles. The highest BCUT2D eigenvalue weighted by atomic mass is 16.4. The number of benzene rings is 1. The van der Waals surface area contributed by atoms with Crippen LogP contribution in [0, 0.1) is 6.92 Å². The van der Waals surface area contributed by atoms with Gasteiger partial charge in [-0.15, -0.1) is 0 Å². The zero-order chi connectivity index (χ0) is 13.3. The van der Waals surface area contributed by atoms with Crippen molar-refractivity contribution in [1.29, 1.82) is 0 Å². The van der Waals surface area contributed by atoms with Crippen molar-refractivity contribution < 1.29 is 9.90 Å². The number of carbonyl (C=O) groups is 1. The number of hydrogen-bond acceptors (Lipinski definition) is 3. The number of hydrogen-bond donors (Lipinski definition) is 2. The van der Waals surface area contributed by atoms with E-state index in [0.29, 0.717) is 6.42 Å². The molecule has 1 atom stereocenters. The molecule has 5 heteroatoms. The normalized spacial score (nSPS) is 12.8. The van der Waals surface area contributed by atoms with Crippen LogP contribution in [0.5, 0.6) is 0 Å². The largest absolute Gasteiger partial charge is 0.481 e. The lowest BCUT2D eigenvalue weighted by Gasteiger charge is -2.13. The molecule has 0 fully saturated rings. The predicted octanol–water partition coefficient (Wildman–Crippen LogP) is 1.75. The van der Waals surface area contributed by atoms with E-state index in [1.165, 1.54) is 0 Å². The summed E-state index contributed by atoms with van der Waals surface area (Å²) in [5.74, 6) is 0.0988. The minimum atomic E-state index is -0.821. The van der Waals surface area contributed by atoms with E-state index in [9.17, 15) is 4.79 Å². The third-order valence-corrected chi connectivity index (χ3v) is 3.22. The van der Waals surface area contributed by atoms with E-state index in [4.69, 9.17) is 10.8 Å². The summed E-state index contributed by atoms with van der Waals surface area (Å²) in [6.07, 6.45) is 0.507. The zero-order valence-corrected chi connectivity index (χ0v) is 10.6. The maximum atomic E-state index is 10.6. The summed E-state index contributed by atoms with van der Waals surface area (Å²) >= 11 is 0. The first kappa shape index (κ1) is 12.6. The summed E-state index contributed by atoms with van der Waals surface area (Å²) in [4.78, 5) is 15.0. The van der Waals surface area contributed by atoms with Crippen LogP contribution in [-0.4, -0.2) is 20.6 Å². The number of rotatable bonds is 4. The van der Waals surface area contributed by atoms with Crippen LogP contribution in [0.2, 0.25) is 0 Å². The lowest BCUT2D eigenvalue weighted by molar-refractivity contribution is -0.137. The van der Waals surface area contributed by atoms with Gasteiger partial charge in [-0.2, -0.15) is 0 Å².